The lowest BCUT2D eigenvalue weighted by molar-refractivity contribution is -0.123. The molecule has 0 spiro atoms. The van der Waals surface area contributed by atoms with Crippen LogP contribution in [0.15, 0.2) is 77.7 Å². The topological polar surface area (TPSA) is 99.5 Å². The van der Waals surface area contributed by atoms with E-state index in [9.17, 15) is 19.6 Å². The van der Waals surface area contributed by atoms with Crippen LogP contribution in [-0.4, -0.2) is 28.6 Å². The van der Waals surface area contributed by atoms with E-state index in [0.717, 1.165) is 22.2 Å². The van der Waals surface area contributed by atoms with Crippen molar-refractivity contribution in [1.82, 2.24) is 4.90 Å². The number of carbonyl (C=O) groups excluding carboxylic acids is 3. The summed E-state index contributed by atoms with van der Waals surface area (Å²) in [6.07, 6.45) is 1.63. The minimum atomic E-state index is -0.402. The van der Waals surface area contributed by atoms with Gasteiger partial charge in [-0.2, -0.15) is 5.26 Å². The second-order valence-electron chi connectivity index (χ2n) is 7.81. The number of nitriles is 1. The molecule has 0 aromatic heterocycles. The molecule has 3 aromatic carbocycles. The first kappa shape index (κ1) is 23.8. The monoisotopic (exact) mass is 483 g/mol. The maximum absolute atomic E-state index is 12.8. The Morgan fingerprint density at radius 2 is 1.86 bits per heavy atom. The van der Waals surface area contributed by atoms with Gasteiger partial charge in [-0.15, -0.1) is 0 Å². The van der Waals surface area contributed by atoms with Gasteiger partial charge in [0.1, 0.15) is 5.75 Å². The largest absolute Gasteiger partial charge is 0.484 e. The van der Waals surface area contributed by atoms with Crippen LogP contribution >= 0.6 is 11.8 Å². The number of imide groups is 1. The molecule has 0 radical (unpaired) electrons. The second kappa shape index (κ2) is 10.7. The number of anilines is 1. The molecule has 0 unspecified atom stereocenters. The summed E-state index contributed by atoms with van der Waals surface area (Å²) in [6.45, 7) is 1.85. The van der Waals surface area contributed by atoms with Crippen molar-refractivity contribution < 1.29 is 19.1 Å². The Morgan fingerprint density at radius 3 is 2.60 bits per heavy atom. The standard InChI is InChI=1S/C27H21N3O4S/c1-18-5-4-8-22(13-18)29-25(31)17-34-23-11-9-19(10-12-23)14-24-26(32)30(27(33)35-24)16-21-7-3-2-6-20(21)15-28/h2-14H,16-17H2,1H3,(H,29,31)/b24-14+. The predicted octanol–water partition coefficient (Wildman–Crippen LogP) is 5.12. The highest BCUT2D eigenvalue weighted by molar-refractivity contribution is 8.18. The van der Waals surface area contributed by atoms with Gasteiger partial charge in [-0.05, 0) is 71.8 Å². The molecule has 1 saturated heterocycles. The van der Waals surface area contributed by atoms with Gasteiger partial charge in [-0.25, -0.2) is 0 Å². The fourth-order valence-corrected chi connectivity index (χ4v) is 4.29. The molecule has 0 bridgehead atoms. The molecule has 1 fully saturated rings. The Kier molecular flexibility index (Phi) is 7.29. The third-order valence-corrected chi connectivity index (χ3v) is 6.10. The molecule has 7 nitrogen and oxygen atoms in total. The highest BCUT2D eigenvalue weighted by Crippen LogP contribution is 2.33. The zero-order chi connectivity index (χ0) is 24.8. The fourth-order valence-electron chi connectivity index (χ4n) is 3.45. The molecule has 4 rings (SSSR count). The first-order valence-electron chi connectivity index (χ1n) is 10.8. The highest BCUT2D eigenvalue weighted by Gasteiger charge is 2.35. The smallest absolute Gasteiger partial charge is 0.293 e. The Bertz CT molecular complexity index is 1360. The summed E-state index contributed by atoms with van der Waals surface area (Å²) < 4.78 is 5.55. The number of hydrogen-bond donors (Lipinski definition) is 1. The van der Waals surface area contributed by atoms with Gasteiger partial charge >= 0.3 is 0 Å². The first-order chi connectivity index (χ1) is 16.9. The van der Waals surface area contributed by atoms with Crippen molar-refractivity contribution in [3.63, 3.8) is 0 Å². The number of aryl methyl sites for hydroxylation is 1. The van der Waals surface area contributed by atoms with Crippen LogP contribution < -0.4 is 10.1 Å². The zero-order valence-electron chi connectivity index (χ0n) is 18.9. The van der Waals surface area contributed by atoms with E-state index in [1.807, 2.05) is 31.2 Å². The van der Waals surface area contributed by atoms with E-state index >= 15 is 0 Å². The van der Waals surface area contributed by atoms with E-state index in [2.05, 4.69) is 11.4 Å². The Labute approximate surface area is 207 Å². The Morgan fingerprint density at radius 1 is 1.09 bits per heavy atom. The van der Waals surface area contributed by atoms with Crippen LogP contribution in [0.25, 0.3) is 6.08 Å². The summed E-state index contributed by atoms with van der Waals surface area (Å²) in [5.41, 5.74) is 3.51. The number of hydrogen-bond acceptors (Lipinski definition) is 6. The molecule has 174 valence electrons. The van der Waals surface area contributed by atoms with Gasteiger partial charge in [0.05, 0.1) is 23.1 Å². The fraction of sp³-hybridized carbons (Fsp3) is 0.111. The van der Waals surface area contributed by atoms with Crippen LogP contribution in [0.4, 0.5) is 10.5 Å². The lowest BCUT2D eigenvalue weighted by atomic mass is 10.1. The number of benzene rings is 3. The molecular formula is C27H21N3O4S. The van der Waals surface area contributed by atoms with Gasteiger partial charge < -0.3 is 10.1 Å². The predicted molar refractivity (Wildman–Crippen MR) is 134 cm³/mol. The molecule has 1 aliphatic rings. The summed E-state index contributed by atoms with van der Waals surface area (Å²) in [5, 5.41) is 11.7. The van der Waals surface area contributed by atoms with Crippen LogP contribution in [0.2, 0.25) is 0 Å². The summed E-state index contributed by atoms with van der Waals surface area (Å²) >= 11 is 0.861. The Balaban J connectivity index is 1.36. The van der Waals surface area contributed by atoms with Crippen LogP contribution in [-0.2, 0) is 16.1 Å². The zero-order valence-corrected chi connectivity index (χ0v) is 19.7. The average Bonchev–Trinajstić information content (AvgIpc) is 3.11. The van der Waals surface area contributed by atoms with Crippen molar-refractivity contribution in [3.8, 4) is 11.8 Å². The SMILES string of the molecule is Cc1cccc(NC(=O)COc2ccc(/C=C3/SC(=O)N(Cc4ccccc4C#N)C3=O)cc2)c1. The van der Waals surface area contributed by atoms with E-state index in [1.165, 1.54) is 0 Å². The molecule has 3 aromatic rings. The van der Waals surface area contributed by atoms with Crippen molar-refractivity contribution in [1.29, 1.82) is 5.26 Å². The normalized spacial score (nSPS) is 14.2. The highest BCUT2D eigenvalue weighted by atomic mass is 32.2. The molecule has 0 atom stereocenters. The van der Waals surface area contributed by atoms with E-state index < -0.39 is 5.91 Å². The minimum absolute atomic E-state index is 0.0448. The number of thioether (sulfide) groups is 1. The van der Waals surface area contributed by atoms with Crippen LogP contribution in [0, 0.1) is 18.3 Å². The third kappa shape index (κ3) is 5.96. The van der Waals surface area contributed by atoms with Gasteiger partial charge in [-0.3, -0.25) is 19.3 Å². The third-order valence-electron chi connectivity index (χ3n) is 5.19. The number of rotatable bonds is 7. The summed E-state index contributed by atoms with van der Waals surface area (Å²) in [4.78, 5) is 38.8. The van der Waals surface area contributed by atoms with Gasteiger partial charge in [0.15, 0.2) is 6.61 Å². The summed E-state index contributed by atoms with van der Waals surface area (Å²) in [6, 6.07) is 23.3. The molecule has 8 heteroatoms. The Hall–Kier alpha value is -4.35. The van der Waals surface area contributed by atoms with E-state index in [4.69, 9.17) is 4.74 Å². The molecule has 1 N–H and O–H groups in total. The molecule has 0 aliphatic carbocycles. The molecule has 1 heterocycles. The van der Waals surface area contributed by atoms with Gasteiger partial charge in [0, 0.05) is 5.69 Å². The van der Waals surface area contributed by atoms with Crippen molar-refractivity contribution >= 4 is 40.6 Å². The maximum atomic E-state index is 12.8. The van der Waals surface area contributed by atoms with Crippen LogP contribution in [0.1, 0.15) is 22.3 Å². The van der Waals surface area contributed by atoms with Crippen molar-refractivity contribution in [2.24, 2.45) is 0 Å². The lowest BCUT2D eigenvalue weighted by Gasteiger charge is -2.13. The van der Waals surface area contributed by atoms with Crippen LogP contribution in [0.3, 0.4) is 0 Å². The number of amides is 3. The minimum Gasteiger partial charge on any atom is -0.484 e. The molecule has 35 heavy (non-hydrogen) atoms. The average molecular weight is 484 g/mol. The number of nitrogens with one attached hydrogen (secondary N) is 1. The number of nitrogens with zero attached hydrogens (tertiary/aromatic N) is 2. The number of ether oxygens (including phenoxy) is 1. The number of carbonyl (C=O) groups is 3. The van der Waals surface area contributed by atoms with E-state index in [1.54, 1.807) is 54.6 Å². The van der Waals surface area contributed by atoms with Gasteiger partial charge in [0.2, 0.25) is 0 Å². The van der Waals surface area contributed by atoms with E-state index in [0.29, 0.717) is 33.0 Å². The molecule has 0 saturated carbocycles. The van der Waals surface area contributed by atoms with Crippen molar-refractivity contribution in [3.05, 3.63) is 100.0 Å². The van der Waals surface area contributed by atoms with Crippen molar-refractivity contribution in [2.75, 3.05) is 11.9 Å². The molecular weight excluding hydrogens is 462 g/mol. The summed E-state index contributed by atoms with van der Waals surface area (Å²) in [7, 11) is 0. The van der Waals surface area contributed by atoms with Crippen molar-refractivity contribution in [2.45, 2.75) is 13.5 Å². The first-order valence-corrected chi connectivity index (χ1v) is 11.6. The molecule has 1 aliphatic heterocycles. The van der Waals surface area contributed by atoms with Gasteiger partial charge in [-0.1, -0.05) is 42.5 Å². The quantitative estimate of drug-likeness (QED) is 0.468. The van der Waals surface area contributed by atoms with E-state index in [-0.39, 0.29) is 24.3 Å². The second-order valence-corrected chi connectivity index (χ2v) is 8.81. The lowest BCUT2D eigenvalue weighted by Crippen LogP contribution is -2.27. The molecule has 3 amide bonds. The maximum Gasteiger partial charge on any atom is 0.293 e. The summed E-state index contributed by atoms with van der Waals surface area (Å²) in [5.74, 6) is -0.171. The van der Waals surface area contributed by atoms with Crippen LogP contribution in [0.5, 0.6) is 5.75 Å². The van der Waals surface area contributed by atoms with Gasteiger partial charge in [0.25, 0.3) is 17.1 Å².